The highest BCUT2D eigenvalue weighted by molar-refractivity contribution is 7.13. The van der Waals surface area contributed by atoms with E-state index in [9.17, 15) is 4.79 Å². The van der Waals surface area contributed by atoms with Gasteiger partial charge in [0.1, 0.15) is 5.01 Å². The van der Waals surface area contributed by atoms with Crippen molar-refractivity contribution < 1.29 is 4.79 Å². The van der Waals surface area contributed by atoms with E-state index >= 15 is 0 Å². The van der Waals surface area contributed by atoms with E-state index in [2.05, 4.69) is 10.3 Å². The minimum atomic E-state index is -0.0000476. The molecule has 4 nitrogen and oxygen atoms in total. The molecule has 19 heavy (non-hydrogen) atoms. The first-order valence-electron chi connectivity index (χ1n) is 6.19. The zero-order valence-electron chi connectivity index (χ0n) is 10.8. The Morgan fingerprint density at radius 3 is 2.74 bits per heavy atom. The van der Waals surface area contributed by atoms with Crippen molar-refractivity contribution in [2.75, 3.05) is 11.9 Å². The van der Waals surface area contributed by atoms with Gasteiger partial charge in [-0.25, -0.2) is 4.98 Å². The van der Waals surface area contributed by atoms with Crippen LogP contribution in [0, 0.1) is 5.92 Å². The SMILES string of the molecule is CC(CN)CC(=O)Nc1ccc(-c2nccs2)cc1. The summed E-state index contributed by atoms with van der Waals surface area (Å²) in [4.78, 5) is 16.0. The van der Waals surface area contributed by atoms with Crippen LogP contribution in [0.25, 0.3) is 10.6 Å². The molecular formula is C14H17N3OS. The lowest BCUT2D eigenvalue weighted by atomic mass is 10.1. The van der Waals surface area contributed by atoms with Gasteiger partial charge >= 0.3 is 0 Å². The molecule has 1 amide bonds. The van der Waals surface area contributed by atoms with Crippen LogP contribution >= 0.6 is 11.3 Å². The number of carbonyl (C=O) groups is 1. The quantitative estimate of drug-likeness (QED) is 0.881. The van der Waals surface area contributed by atoms with Crippen LogP contribution in [0.5, 0.6) is 0 Å². The summed E-state index contributed by atoms with van der Waals surface area (Å²) in [6, 6.07) is 7.70. The van der Waals surface area contributed by atoms with Crippen molar-refractivity contribution in [2.45, 2.75) is 13.3 Å². The molecule has 0 bridgehead atoms. The molecule has 0 spiro atoms. The molecule has 1 aromatic heterocycles. The number of nitrogens with two attached hydrogens (primary N) is 1. The monoisotopic (exact) mass is 275 g/mol. The summed E-state index contributed by atoms with van der Waals surface area (Å²) in [5.41, 5.74) is 7.36. The molecule has 0 saturated carbocycles. The van der Waals surface area contributed by atoms with E-state index in [4.69, 9.17) is 5.73 Å². The highest BCUT2D eigenvalue weighted by Gasteiger charge is 2.08. The first kappa shape index (κ1) is 13.7. The maximum Gasteiger partial charge on any atom is 0.224 e. The first-order chi connectivity index (χ1) is 9.19. The average Bonchev–Trinajstić information content (AvgIpc) is 2.93. The van der Waals surface area contributed by atoms with Crippen LogP contribution < -0.4 is 11.1 Å². The fraction of sp³-hybridized carbons (Fsp3) is 0.286. The summed E-state index contributed by atoms with van der Waals surface area (Å²) in [6.45, 7) is 2.49. The molecule has 2 aromatic rings. The molecule has 0 aliphatic carbocycles. The van der Waals surface area contributed by atoms with Crippen molar-refractivity contribution in [3.63, 3.8) is 0 Å². The molecule has 0 fully saturated rings. The Morgan fingerprint density at radius 2 is 2.16 bits per heavy atom. The largest absolute Gasteiger partial charge is 0.330 e. The number of thiazole rings is 1. The second kappa shape index (κ2) is 6.45. The lowest BCUT2D eigenvalue weighted by molar-refractivity contribution is -0.116. The van der Waals surface area contributed by atoms with E-state index in [0.717, 1.165) is 16.3 Å². The summed E-state index contributed by atoms with van der Waals surface area (Å²) in [5.74, 6) is 0.203. The predicted molar refractivity (Wildman–Crippen MR) is 79.0 cm³/mol. The summed E-state index contributed by atoms with van der Waals surface area (Å²) in [5, 5.41) is 5.79. The van der Waals surface area contributed by atoms with Gasteiger partial charge in [0.05, 0.1) is 0 Å². The normalized spacial score (nSPS) is 12.1. The number of anilines is 1. The fourth-order valence-electron chi connectivity index (χ4n) is 1.67. The molecular weight excluding hydrogens is 258 g/mol. The zero-order valence-corrected chi connectivity index (χ0v) is 11.6. The van der Waals surface area contributed by atoms with Crippen LogP contribution in [-0.2, 0) is 4.79 Å². The van der Waals surface area contributed by atoms with Crippen LogP contribution in [0.1, 0.15) is 13.3 Å². The molecule has 100 valence electrons. The van der Waals surface area contributed by atoms with Gasteiger partial charge in [-0.2, -0.15) is 0 Å². The van der Waals surface area contributed by atoms with Gasteiger partial charge in [0, 0.05) is 29.2 Å². The number of carbonyl (C=O) groups excluding carboxylic acids is 1. The fourth-order valence-corrected chi connectivity index (χ4v) is 2.32. The van der Waals surface area contributed by atoms with E-state index in [-0.39, 0.29) is 11.8 Å². The summed E-state index contributed by atoms with van der Waals surface area (Å²) in [6.07, 6.45) is 2.23. The Kier molecular flexibility index (Phi) is 4.65. The summed E-state index contributed by atoms with van der Waals surface area (Å²) in [7, 11) is 0. The van der Waals surface area contributed by atoms with Gasteiger partial charge in [0.2, 0.25) is 5.91 Å². The molecule has 0 saturated heterocycles. The maximum absolute atomic E-state index is 11.7. The van der Waals surface area contributed by atoms with Crippen molar-refractivity contribution in [3.05, 3.63) is 35.8 Å². The van der Waals surface area contributed by atoms with E-state index in [1.165, 1.54) is 0 Å². The molecule has 1 atom stereocenters. The zero-order chi connectivity index (χ0) is 13.7. The van der Waals surface area contributed by atoms with E-state index in [1.54, 1.807) is 17.5 Å². The molecule has 0 aliphatic rings. The molecule has 5 heteroatoms. The van der Waals surface area contributed by atoms with Crippen molar-refractivity contribution in [1.29, 1.82) is 0 Å². The van der Waals surface area contributed by atoms with Crippen molar-refractivity contribution in [3.8, 4) is 10.6 Å². The Morgan fingerprint density at radius 1 is 1.42 bits per heavy atom. The van der Waals surface area contributed by atoms with Gasteiger partial charge in [-0.05, 0) is 36.7 Å². The number of amides is 1. The number of hydrogen-bond acceptors (Lipinski definition) is 4. The topological polar surface area (TPSA) is 68.0 Å². The molecule has 2 rings (SSSR count). The number of nitrogens with zero attached hydrogens (tertiary/aromatic N) is 1. The molecule has 0 aliphatic heterocycles. The number of benzene rings is 1. The van der Waals surface area contributed by atoms with Crippen LogP contribution in [0.15, 0.2) is 35.8 Å². The molecule has 1 unspecified atom stereocenters. The Bertz CT molecular complexity index is 522. The lowest BCUT2D eigenvalue weighted by Crippen LogP contribution is -2.19. The minimum Gasteiger partial charge on any atom is -0.330 e. The number of nitrogens with one attached hydrogen (secondary N) is 1. The second-order valence-electron chi connectivity index (χ2n) is 4.51. The third-order valence-electron chi connectivity index (χ3n) is 2.78. The summed E-state index contributed by atoms with van der Waals surface area (Å²) < 4.78 is 0. The van der Waals surface area contributed by atoms with E-state index < -0.39 is 0 Å². The highest BCUT2D eigenvalue weighted by Crippen LogP contribution is 2.23. The second-order valence-corrected chi connectivity index (χ2v) is 5.40. The Labute approximate surface area is 116 Å². The van der Waals surface area contributed by atoms with E-state index in [1.807, 2.05) is 36.6 Å². The van der Waals surface area contributed by atoms with Gasteiger partial charge in [-0.3, -0.25) is 4.79 Å². The van der Waals surface area contributed by atoms with Crippen LogP contribution in [-0.4, -0.2) is 17.4 Å². The number of hydrogen-bond donors (Lipinski definition) is 2. The van der Waals surface area contributed by atoms with Gasteiger partial charge in [0.15, 0.2) is 0 Å². The van der Waals surface area contributed by atoms with Crippen LogP contribution in [0.3, 0.4) is 0 Å². The predicted octanol–water partition coefficient (Wildman–Crippen LogP) is 2.73. The van der Waals surface area contributed by atoms with Gasteiger partial charge < -0.3 is 11.1 Å². The smallest absolute Gasteiger partial charge is 0.224 e. The molecule has 0 radical (unpaired) electrons. The van der Waals surface area contributed by atoms with Gasteiger partial charge in [-0.1, -0.05) is 6.92 Å². The summed E-state index contributed by atoms with van der Waals surface area (Å²) >= 11 is 1.59. The molecule has 1 aromatic carbocycles. The Balaban J connectivity index is 1.97. The number of rotatable bonds is 5. The van der Waals surface area contributed by atoms with Crippen molar-refractivity contribution >= 4 is 22.9 Å². The van der Waals surface area contributed by atoms with Gasteiger partial charge in [-0.15, -0.1) is 11.3 Å². The molecule has 3 N–H and O–H groups in total. The van der Waals surface area contributed by atoms with Crippen molar-refractivity contribution in [2.24, 2.45) is 11.7 Å². The average molecular weight is 275 g/mol. The standard InChI is InChI=1S/C14H17N3OS/c1-10(9-15)8-13(18)17-12-4-2-11(3-5-12)14-16-6-7-19-14/h2-7,10H,8-9,15H2,1H3,(H,17,18). The first-order valence-corrected chi connectivity index (χ1v) is 7.07. The number of aromatic nitrogens is 1. The lowest BCUT2D eigenvalue weighted by Gasteiger charge is -2.09. The van der Waals surface area contributed by atoms with Crippen LogP contribution in [0.2, 0.25) is 0 Å². The minimum absolute atomic E-state index is 0.0000476. The van der Waals surface area contributed by atoms with Crippen molar-refractivity contribution in [1.82, 2.24) is 4.98 Å². The third kappa shape index (κ3) is 3.87. The van der Waals surface area contributed by atoms with Gasteiger partial charge in [0.25, 0.3) is 0 Å². The third-order valence-corrected chi connectivity index (χ3v) is 3.61. The van der Waals surface area contributed by atoms with E-state index in [0.29, 0.717) is 13.0 Å². The maximum atomic E-state index is 11.7. The Hall–Kier alpha value is -1.72. The van der Waals surface area contributed by atoms with Crippen LogP contribution in [0.4, 0.5) is 5.69 Å². The molecule has 1 heterocycles. The highest BCUT2D eigenvalue weighted by atomic mass is 32.1.